The summed E-state index contributed by atoms with van der Waals surface area (Å²) < 4.78 is 0.667. The molecule has 1 heterocycles. The highest BCUT2D eigenvalue weighted by molar-refractivity contribution is 9.25. The molecular formula is C9H11Br6N3. The standard InChI is InChI=1S/C9H11Br6N3/c10-7(11)2-5-1-6(3-8(12)13)17-18(16-5)4-9(14)15/h1,7-9,16H,2-4H2. The molecule has 9 heteroatoms. The minimum Gasteiger partial charge on any atom is -0.287 e. The Labute approximate surface area is 157 Å². The van der Waals surface area contributed by atoms with E-state index in [4.69, 9.17) is 0 Å². The van der Waals surface area contributed by atoms with Crippen molar-refractivity contribution in [2.45, 2.75) is 24.1 Å². The van der Waals surface area contributed by atoms with Crippen molar-refractivity contribution in [3.8, 4) is 0 Å². The lowest BCUT2D eigenvalue weighted by atomic mass is 10.2. The van der Waals surface area contributed by atoms with Crippen LogP contribution >= 0.6 is 95.6 Å². The summed E-state index contributed by atoms with van der Waals surface area (Å²) in [4.78, 5) is 0. The monoisotopic (exact) mass is 635 g/mol. The molecule has 1 aliphatic rings. The molecule has 104 valence electrons. The van der Waals surface area contributed by atoms with Crippen LogP contribution < -0.4 is 5.43 Å². The van der Waals surface area contributed by atoms with Gasteiger partial charge in [-0.3, -0.25) is 5.43 Å². The quantitative estimate of drug-likeness (QED) is 0.406. The van der Waals surface area contributed by atoms with E-state index in [9.17, 15) is 0 Å². The highest BCUT2D eigenvalue weighted by Gasteiger charge is 2.17. The summed E-state index contributed by atoms with van der Waals surface area (Å²) in [6.45, 7) is 0.727. The average molecular weight is 641 g/mol. The molecule has 3 nitrogen and oxygen atoms in total. The van der Waals surface area contributed by atoms with Crippen LogP contribution in [0.5, 0.6) is 0 Å². The number of alkyl halides is 6. The van der Waals surface area contributed by atoms with Crippen LogP contribution in [-0.4, -0.2) is 28.6 Å². The normalized spacial score (nSPS) is 16.2. The first kappa shape index (κ1) is 17.9. The average Bonchev–Trinajstić information content (AvgIpc) is 2.12. The molecule has 1 rings (SSSR count). The SMILES string of the molecule is BrC(Br)CC1=CC(CC(Br)Br)=NN(CC(Br)Br)N1. The number of hydrazone groups is 1. The lowest BCUT2D eigenvalue weighted by Gasteiger charge is -2.28. The molecule has 18 heavy (non-hydrogen) atoms. The van der Waals surface area contributed by atoms with Crippen molar-refractivity contribution in [2.24, 2.45) is 5.10 Å². The lowest BCUT2D eigenvalue weighted by molar-refractivity contribution is 0.228. The van der Waals surface area contributed by atoms with Crippen molar-refractivity contribution in [3.63, 3.8) is 0 Å². The molecule has 0 aromatic rings. The van der Waals surface area contributed by atoms with Gasteiger partial charge in [-0.15, -0.1) is 0 Å². The van der Waals surface area contributed by atoms with Crippen LogP contribution in [-0.2, 0) is 0 Å². The van der Waals surface area contributed by atoms with Gasteiger partial charge in [0.1, 0.15) is 0 Å². The predicted octanol–water partition coefficient (Wildman–Crippen LogP) is 5.17. The molecule has 0 fully saturated rings. The fourth-order valence-electron chi connectivity index (χ4n) is 1.35. The Kier molecular flexibility index (Phi) is 8.99. The zero-order valence-corrected chi connectivity index (χ0v) is 18.6. The topological polar surface area (TPSA) is 27.6 Å². The van der Waals surface area contributed by atoms with Gasteiger partial charge in [-0.25, -0.2) is 5.12 Å². The van der Waals surface area contributed by atoms with Crippen LogP contribution in [0.3, 0.4) is 0 Å². The summed E-state index contributed by atoms with van der Waals surface area (Å²) in [5.74, 6) is 0. The third-order valence-corrected chi connectivity index (χ3v) is 3.79. The number of rotatable bonds is 6. The second-order valence-corrected chi connectivity index (χ2v) is 13.9. The number of allylic oxidation sites excluding steroid dienone is 2. The maximum atomic E-state index is 4.53. The lowest BCUT2D eigenvalue weighted by Crippen LogP contribution is -2.40. The van der Waals surface area contributed by atoms with Gasteiger partial charge in [0.15, 0.2) is 0 Å². The van der Waals surface area contributed by atoms with Crippen molar-refractivity contribution >= 4 is 101 Å². The van der Waals surface area contributed by atoms with Gasteiger partial charge in [0, 0.05) is 18.5 Å². The molecule has 0 amide bonds. The largest absolute Gasteiger partial charge is 0.287 e. The van der Waals surface area contributed by atoms with Crippen molar-refractivity contribution in [3.05, 3.63) is 11.8 Å². The van der Waals surface area contributed by atoms with Gasteiger partial charge in [-0.05, 0) is 6.08 Å². The Hall–Kier alpha value is 1.89. The van der Waals surface area contributed by atoms with Gasteiger partial charge in [-0.1, -0.05) is 95.6 Å². The number of hydrogen-bond donors (Lipinski definition) is 1. The van der Waals surface area contributed by atoms with E-state index in [1.807, 2.05) is 5.12 Å². The number of hydrazine groups is 1. The van der Waals surface area contributed by atoms with Gasteiger partial charge in [0.2, 0.25) is 0 Å². The summed E-state index contributed by atoms with van der Waals surface area (Å²) in [5.41, 5.74) is 5.43. The number of hydrogen-bond acceptors (Lipinski definition) is 3. The van der Waals surface area contributed by atoms with Gasteiger partial charge in [0.05, 0.1) is 23.5 Å². The third-order valence-electron chi connectivity index (χ3n) is 1.91. The molecule has 0 aromatic heterocycles. The summed E-state index contributed by atoms with van der Waals surface area (Å²) in [7, 11) is 0. The van der Waals surface area contributed by atoms with Crippen LogP contribution in [0.25, 0.3) is 0 Å². The first-order valence-electron chi connectivity index (χ1n) is 5.03. The minimum atomic E-state index is 0.189. The van der Waals surface area contributed by atoms with Crippen molar-refractivity contribution in [1.82, 2.24) is 10.5 Å². The molecular weight excluding hydrogens is 630 g/mol. The van der Waals surface area contributed by atoms with Crippen LogP contribution in [0.1, 0.15) is 12.8 Å². The molecule has 1 N–H and O–H groups in total. The minimum absolute atomic E-state index is 0.189. The fraction of sp³-hybridized carbons (Fsp3) is 0.667. The Balaban J connectivity index is 2.74. The molecule has 0 saturated carbocycles. The van der Waals surface area contributed by atoms with Gasteiger partial charge >= 0.3 is 0 Å². The molecule has 0 aromatic carbocycles. The van der Waals surface area contributed by atoms with Gasteiger partial charge in [-0.2, -0.15) is 5.10 Å². The second-order valence-electron chi connectivity index (χ2n) is 3.54. The Morgan fingerprint density at radius 2 is 1.61 bits per heavy atom. The van der Waals surface area contributed by atoms with E-state index >= 15 is 0 Å². The zero-order valence-electron chi connectivity index (χ0n) is 9.09. The van der Waals surface area contributed by atoms with E-state index in [0.717, 1.165) is 30.8 Å². The van der Waals surface area contributed by atoms with Crippen LogP contribution in [0, 0.1) is 0 Å². The molecule has 0 bridgehead atoms. The van der Waals surface area contributed by atoms with E-state index in [2.05, 4.69) is 112 Å². The van der Waals surface area contributed by atoms with Crippen molar-refractivity contribution in [1.29, 1.82) is 0 Å². The first-order valence-corrected chi connectivity index (χ1v) is 10.5. The zero-order chi connectivity index (χ0) is 13.7. The smallest absolute Gasteiger partial charge is 0.0910 e. The predicted molar refractivity (Wildman–Crippen MR) is 99.5 cm³/mol. The molecule has 0 atom stereocenters. The fourth-order valence-corrected chi connectivity index (χ4v) is 3.26. The van der Waals surface area contributed by atoms with E-state index in [-0.39, 0.29) is 11.2 Å². The summed E-state index contributed by atoms with van der Waals surface area (Å²) in [6.07, 6.45) is 3.77. The van der Waals surface area contributed by atoms with Gasteiger partial charge < -0.3 is 0 Å². The maximum absolute atomic E-state index is 4.53. The van der Waals surface area contributed by atoms with Crippen LogP contribution in [0.15, 0.2) is 16.9 Å². The molecule has 0 aliphatic carbocycles. The highest BCUT2D eigenvalue weighted by Crippen LogP contribution is 2.22. The Morgan fingerprint density at radius 3 is 2.11 bits per heavy atom. The van der Waals surface area contributed by atoms with Crippen LogP contribution in [0.4, 0.5) is 0 Å². The number of nitrogens with zero attached hydrogens (tertiary/aromatic N) is 2. The molecule has 1 aliphatic heterocycles. The Morgan fingerprint density at radius 1 is 1.00 bits per heavy atom. The molecule has 0 radical (unpaired) electrons. The van der Waals surface area contributed by atoms with Crippen molar-refractivity contribution < 1.29 is 0 Å². The summed E-state index contributed by atoms with van der Waals surface area (Å²) >= 11 is 20.9. The third kappa shape index (κ3) is 7.61. The van der Waals surface area contributed by atoms with E-state index in [0.29, 0.717) is 0 Å². The summed E-state index contributed by atoms with van der Waals surface area (Å²) in [5, 5.41) is 6.37. The van der Waals surface area contributed by atoms with E-state index in [1.54, 1.807) is 0 Å². The van der Waals surface area contributed by atoms with E-state index < -0.39 is 0 Å². The number of halogens is 6. The van der Waals surface area contributed by atoms with E-state index in [1.165, 1.54) is 0 Å². The summed E-state index contributed by atoms with van der Waals surface area (Å²) in [6, 6.07) is 0. The van der Waals surface area contributed by atoms with Crippen molar-refractivity contribution in [2.75, 3.05) is 6.54 Å². The molecule has 0 spiro atoms. The maximum Gasteiger partial charge on any atom is 0.0910 e. The number of nitrogens with one attached hydrogen (secondary N) is 1. The van der Waals surface area contributed by atoms with Gasteiger partial charge in [0.25, 0.3) is 0 Å². The first-order chi connectivity index (χ1) is 8.36. The highest BCUT2D eigenvalue weighted by atomic mass is 79.9. The Bertz CT molecular complexity index is 328. The second kappa shape index (κ2) is 9.02. The molecule has 0 saturated heterocycles. The molecule has 0 unspecified atom stereocenters. The van der Waals surface area contributed by atoms with Crippen LogP contribution in [0.2, 0.25) is 0 Å².